The van der Waals surface area contributed by atoms with Gasteiger partial charge in [-0.05, 0) is 50.6 Å². The monoisotopic (exact) mass is 473 g/mol. The van der Waals surface area contributed by atoms with Crippen LogP contribution in [0.15, 0.2) is 23.1 Å². The van der Waals surface area contributed by atoms with E-state index in [0.717, 1.165) is 41.3 Å². The maximum absolute atomic E-state index is 12.3. The van der Waals surface area contributed by atoms with Crippen molar-refractivity contribution in [2.75, 3.05) is 50.5 Å². The smallest absolute Gasteiger partial charge is 0.549 e. The van der Waals surface area contributed by atoms with Crippen LogP contribution in [-0.4, -0.2) is 68.5 Å². The number of aliphatic carboxylic acids is 1. The topological polar surface area (TPSA) is 102 Å². The van der Waals surface area contributed by atoms with Crippen molar-refractivity contribution in [1.29, 1.82) is 0 Å². The van der Waals surface area contributed by atoms with Crippen molar-refractivity contribution in [1.82, 2.24) is 10.2 Å². The Balaban J connectivity index is 0.00000512. The molecule has 2 rings (SSSR count). The summed E-state index contributed by atoms with van der Waals surface area (Å²) in [6, 6.07) is 5.83. The van der Waals surface area contributed by atoms with Crippen molar-refractivity contribution in [2.45, 2.75) is 38.0 Å². The number of alkyl carbamates (subject to hydrolysis) is 1. The van der Waals surface area contributed by atoms with Crippen molar-refractivity contribution in [2.24, 2.45) is 5.92 Å². The molecular weight excluding hydrogens is 441 g/mol. The van der Waals surface area contributed by atoms with Gasteiger partial charge in [-0.1, -0.05) is 13.3 Å². The van der Waals surface area contributed by atoms with Gasteiger partial charge in [0.1, 0.15) is 0 Å². The van der Waals surface area contributed by atoms with Gasteiger partial charge in [0.05, 0.1) is 18.5 Å². The first-order valence-electron chi connectivity index (χ1n) is 10.7. The molecule has 1 aromatic rings. The van der Waals surface area contributed by atoms with Gasteiger partial charge in [-0.15, -0.1) is 11.8 Å². The van der Waals surface area contributed by atoms with Gasteiger partial charge in [-0.3, -0.25) is 4.79 Å². The summed E-state index contributed by atoms with van der Waals surface area (Å²) in [6.45, 7) is 6.82. The minimum atomic E-state index is -1.32. The fourth-order valence-electron chi connectivity index (χ4n) is 3.34. The summed E-state index contributed by atoms with van der Waals surface area (Å²) in [4.78, 5) is 39.9. The number of likely N-dealkylation sites (N-methyl/N-ethyl adjacent to an activating group) is 1. The number of amides is 2. The average Bonchev–Trinajstić information content (AvgIpc) is 2.73. The molecule has 32 heavy (non-hydrogen) atoms. The molecule has 0 aromatic heterocycles. The van der Waals surface area contributed by atoms with Gasteiger partial charge in [0, 0.05) is 42.5 Å². The Morgan fingerprint density at radius 1 is 1.31 bits per heavy atom. The largest absolute Gasteiger partial charge is 1.00 e. The third-order valence-corrected chi connectivity index (χ3v) is 6.14. The molecule has 0 spiro atoms. The number of carbonyl (C=O) groups is 3. The number of anilines is 1. The summed E-state index contributed by atoms with van der Waals surface area (Å²) < 4.78 is 5.06. The van der Waals surface area contributed by atoms with E-state index in [0.29, 0.717) is 26.2 Å². The van der Waals surface area contributed by atoms with E-state index in [4.69, 9.17) is 4.74 Å². The second-order valence-corrected chi connectivity index (χ2v) is 8.69. The van der Waals surface area contributed by atoms with Crippen LogP contribution in [0.25, 0.3) is 0 Å². The number of unbranched alkanes of at least 4 members (excludes halogenated alkanes) is 1. The van der Waals surface area contributed by atoms with Gasteiger partial charge in [0.15, 0.2) is 0 Å². The van der Waals surface area contributed by atoms with Crippen molar-refractivity contribution < 1.29 is 53.8 Å². The van der Waals surface area contributed by atoms with E-state index in [2.05, 4.69) is 10.2 Å². The third kappa shape index (κ3) is 8.59. The molecular formula is C22H32N3NaO5S. The molecule has 172 valence electrons. The first-order valence-corrected chi connectivity index (χ1v) is 11.7. The maximum atomic E-state index is 12.3. The molecule has 1 aliphatic rings. The zero-order valence-corrected chi connectivity index (χ0v) is 22.3. The summed E-state index contributed by atoms with van der Waals surface area (Å²) in [5.74, 6) is -2.01. The Morgan fingerprint density at radius 3 is 2.72 bits per heavy atom. The summed E-state index contributed by atoms with van der Waals surface area (Å²) in [5, 5.41) is 14.1. The number of nitrogens with zero attached hydrogens (tertiary/aromatic N) is 2. The Hall–Kier alpha value is -1.26. The Kier molecular flexibility index (Phi) is 13.3. The van der Waals surface area contributed by atoms with Crippen LogP contribution in [0.5, 0.6) is 0 Å². The molecule has 0 saturated heterocycles. The van der Waals surface area contributed by atoms with E-state index < -0.39 is 17.8 Å². The standard InChI is InChI=1S/C22H33N3O5S.Na/c1-4-6-12-30-22(29)23-9-10-24(3)11-13-31-17-7-8-19-16(14-17)15-18(21(27)28)20(26)25(19)5-2;/h7-8,14,18H,4-6,9-13,15H2,1-3H3,(H,23,29)(H,27,28);/q;+1/p-1. The van der Waals surface area contributed by atoms with Gasteiger partial charge >= 0.3 is 35.7 Å². The minimum absolute atomic E-state index is 0. The van der Waals surface area contributed by atoms with E-state index in [-0.39, 0.29) is 42.1 Å². The molecule has 1 aromatic carbocycles. The first-order chi connectivity index (χ1) is 14.9. The Bertz CT molecular complexity index is 780. The zero-order chi connectivity index (χ0) is 22.8. The molecule has 1 atom stereocenters. The molecule has 1 heterocycles. The van der Waals surface area contributed by atoms with Crippen LogP contribution >= 0.6 is 11.8 Å². The number of carbonyl (C=O) groups excluding carboxylic acids is 3. The number of thioether (sulfide) groups is 1. The van der Waals surface area contributed by atoms with Gasteiger partial charge in [0.2, 0.25) is 5.91 Å². The van der Waals surface area contributed by atoms with Crippen molar-refractivity contribution in [3.05, 3.63) is 23.8 Å². The van der Waals surface area contributed by atoms with Crippen LogP contribution in [0.3, 0.4) is 0 Å². The zero-order valence-electron chi connectivity index (χ0n) is 19.5. The molecule has 10 heteroatoms. The number of nitrogens with one attached hydrogen (secondary N) is 1. The molecule has 0 fully saturated rings. The molecule has 1 aliphatic heterocycles. The molecule has 8 nitrogen and oxygen atoms in total. The van der Waals surface area contributed by atoms with Crippen LogP contribution in [0, 0.1) is 5.92 Å². The number of fused-ring (bicyclic) bond motifs is 1. The molecule has 0 aliphatic carbocycles. The van der Waals surface area contributed by atoms with E-state index in [1.807, 2.05) is 39.1 Å². The molecule has 0 saturated carbocycles. The van der Waals surface area contributed by atoms with E-state index in [1.165, 1.54) is 4.90 Å². The number of hydrogen-bond acceptors (Lipinski definition) is 7. The number of hydrogen-bond donors (Lipinski definition) is 1. The number of carboxylic acids is 1. The summed E-state index contributed by atoms with van der Waals surface area (Å²) >= 11 is 1.67. The number of carboxylic acid groups (broad SMARTS) is 1. The SMILES string of the molecule is CCCCOC(=O)NCCN(C)CCSc1ccc2c(c1)CC(C(=O)[O-])C(=O)N2CC.[Na+]. The van der Waals surface area contributed by atoms with Crippen molar-refractivity contribution in [3.8, 4) is 0 Å². The number of ether oxygens (including phenoxy) is 1. The molecule has 0 bridgehead atoms. The number of rotatable bonds is 12. The third-order valence-electron chi connectivity index (χ3n) is 5.17. The van der Waals surface area contributed by atoms with Gasteiger partial charge < -0.3 is 29.8 Å². The van der Waals surface area contributed by atoms with Crippen molar-refractivity contribution >= 4 is 35.4 Å². The summed E-state index contributed by atoms with van der Waals surface area (Å²) in [7, 11) is 1.99. The normalized spacial score (nSPS) is 15.2. The summed E-state index contributed by atoms with van der Waals surface area (Å²) in [6.07, 6.45) is 1.65. The molecule has 1 unspecified atom stereocenters. The van der Waals surface area contributed by atoms with E-state index >= 15 is 0 Å². The van der Waals surface area contributed by atoms with Crippen LogP contribution in [-0.2, 0) is 20.7 Å². The average molecular weight is 474 g/mol. The van der Waals surface area contributed by atoms with E-state index in [1.54, 1.807) is 11.8 Å². The summed E-state index contributed by atoms with van der Waals surface area (Å²) in [5.41, 5.74) is 1.64. The van der Waals surface area contributed by atoms with Gasteiger partial charge in [-0.25, -0.2) is 4.79 Å². The Labute approximate surface area is 216 Å². The number of benzene rings is 1. The fourth-order valence-corrected chi connectivity index (χ4v) is 4.37. The second-order valence-electron chi connectivity index (χ2n) is 7.52. The fraction of sp³-hybridized carbons (Fsp3) is 0.591. The van der Waals surface area contributed by atoms with Crippen molar-refractivity contribution in [3.63, 3.8) is 0 Å². The van der Waals surface area contributed by atoms with Gasteiger partial charge in [0.25, 0.3) is 0 Å². The Morgan fingerprint density at radius 2 is 2.06 bits per heavy atom. The maximum Gasteiger partial charge on any atom is 1.00 e. The predicted molar refractivity (Wildman–Crippen MR) is 119 cm³/mol. The van der Waals surface area contributed by atoms with Crippen LogP contribution in [0.1, 0.15) is 32.3 Å². The minimum Gasteiger partial charge on any atom is -0.549 e. The van der Waals surface area contributed by atoms with E-state index in [9.17, 15) is 19.5 Å². The predicted octanol–water partition coefficient (Wildman–Crippen LogP) is -1.48. The molecule has 0 radical (unpaired) electrons. The first kappa shape index (κ1) is 28.8. The van der Waals surface area contributed by atoms with Crippen LogP contribution < -0.4 is 44.9 Å². The van der Waals surface area contributed by atoms with Crippen LogP contribution in [0.4, 0.5) is 10.5 Å². The second kappa shape index (κ2) is 14.8. The quantitative estimate of drug-likeness (QED) is 0.171. The van der Waals surface area contributed by atoms with Crippen LogP contribution in [0.2, 0.25) is 0 Å². The molecule has 1 N–H and O–H groups in total. The van der Waals surface area contributed by atoms with Gasteiger partial charge in [-0.2, -0.15) is 0 Å². The molecule has 2 amide bonds.